The molecule has 2 N–H and O–H groups in total. The van der Waals surface area contributed by atoms with Crippen LogP contribution in [0.4, 0.5) is 10.2 Å². The summed E-state index contributed by atoms with van der Waals surface area (Å²) < 4.78 is 15.3. The van der Waals surface area contributed by atoms with Gasteiger partial charge in [-0.15, -0.1) is 0 Å². The van der Waals surface area contributed by atoms with E-state index in [0.717, 1.165) is 41.4 Å². The van der Waals surface area contributed by atoms with Crippen LogP contribution < -0.4 is 5.73 Å². The zero-order valence-corrected chi connectivity index (χ0v) is 15.9. The highest BCUT2D eigenvalue weighted by atomic mass is 19.1. The van der Waals surface area contributed by atoms with Crippen molar-refractivity contribution in [2.45, 2.75) is 25.3 Å². The molecule has 5 nitrogen and oxygen atoms in total. The zero-order valence-electron chi connectivity index (χ0n) is 15.9. The van der Waals surface area contributed by atoms with E-state index < -0.39 is 0 Å². The topological polar surface area (TPSA) is 63.6 Å². The number of nitrogens with zero attached hydrogens (tertiary/aromatic N) is 3. The molecule has 0 unspecified atom stereocenters. The van der Waals surface area contributed by atoms with Crippen LogP contribution in [0.2, 0.25) is 0 Å². The Labute approximate surface area is 167 Å². The van der Waals surface area contributed by atoms with Crippen molar-refractivity contribution >= 4 is 28.3 Å². The largest absolute Gasteiger partial charge is 0.382 e. The smallest absolute Gasteiger partial charge is 0.254 e. The van der Waals surface area contributed by atoms with E-state index in [4.69, 9.17) is 5.73 Å². The van der Waals surface area contributed by atoms with Gasteiger partial charge >= 0.3 is 0 Å². The molecule has 1 saturated heterocycles. The summed E-state index contributed by atoms with van der Waals surface area (Å²) in [5.41, 5.74) is 10.1. The van der Waals surface area contributed by atoms with Gasteiger partial charge in [-0.1, -0.05) is 12.1 Å². The Morgan fingerprint density at radius 2 is 1.90 bits per heavy atom. The van der Waals surface area contributed by atoms with Gasteiger partial charge in [-0.2, -0.15) is 0 Å². The summed E-state index contributed by atoms with van der Waals surface area (Å²) in [6.07, 6.45) is 4.82. The molecule has 0 spiro atoms. The maximum absolute atomic E-state index is 13.4. The third kappa shape index (κ3) is 3.01. The Morgan fingerprint density at radius 3 is 2.72 bits per heavy atom. The van der Waals surface area contributed by atoms with Gasteiger partial charge in [0.25, 0.3) is 5.91 Å². The first-order valence-electron chi connectivity index (χ1n) is 9.84. The molecule has 3 heterocycles. The molecule has 0 bridgehead atoms. The van der Waals surface area contributed by atoms with Gasteiger partial charge in [0.05, 0.1) is 22.6 Å². The van der Waals surface area contributed by atoms with Gasteiger partial charge in [-0.05, 0) is 67.3 Å². The summed E-state index contributed by atoms with van der Waals surface area (Å²) in [7, 11) is 0. The summed E-state index contributed by atoms with van der Waals surface area (Å²) in [4.78, 5) is 19.8. The zero-order chi connectivity index (χ0) is 20.0. The second-order valence-electron chi connectivity index (χ2n) is 7.53. The SMILES string of the molecule is Nc1nc2ccc(C(=O)N3CCCC[C@@H]3c3ccc(F)cc3)cc2n2cccc12. The molecule has 1 aliphatic rings. The van der Waals surface area contributed by atoms with Gasteiger partial charge in [-0.25, -0.2) is 9.37 Å². The molecule has 2 aromatic carbocycles. The Hall–Kier alpha value is -3.41. The molecule has 0 saturated carbocycles. The molecule has 146 valence electrons. The maximum atomic E-state index is 13.4. The molecule has 1 atom stereocenters. The average molecular weight is 388 g/mol. The summed E-state index contributed by atoms with van der Waals surface area (Å²) >= 11 is 0. The predicted octanol–water partition coefficient (Wildman–Crippen LogP) is 4.58. The lowest BCUT2D eigenvalue weighted by atomic mass is 9.94. The first-order valence-corrected chi connectivity index (χ1v) is 9.84. The van der Waals surface area contributed by atoms with Gasteiger partial charge in [0.15, 0.2) is 0 Å². The molecule has 29 heavy (non-hydrogen) atoms. The number of carbonyl (C=O) groups excluding carboxylic acids is 1. The molecule has 2 aromatic heterocycles. The number of fused-ring (bicyclic) bond motifs is 3. The summed E-state index contributed by atoms with van der Waals surface area (Å²) in [6, 6.07) is 15.8. The van der Waals surface area contributed by atoms with Crippen LogP contribution in [0.1, 0.15) is 41.2 Å². The van der Waals surface area contributed by atoms with Crippen LogP contribution in [0.15, 0.2) is 60.8 Å². The minimum Gasteiger partial charge on any atom is -0.382 e. The van der Waals surface area contributed by atoms with Crippen LogP contribution in [-0.4, -0.2) is 26.7 Å². The number of carbonyl (C=O) groups is 1. The molecule has 1 aliphatic heterocycles. The molecular formula is C23H21FN4O. The Bertz CT molecular complexity index is 1210. The number of hydrogen-bond donors (Lipinski definition) is 1. The van der Waals surface area contributed by atoms with Crippen LogP contribution in [0.3, 0.4) is 0 Å². The number of nitrogen functional groups attached to an aromatic ring is 1. The van der Waals surface area contributed by atoms with Crippen LogP contribution in [0.5, 0.6) is 0 Å². The lowest BCUT2D eigenvalue weighted by molar-refractivity contribution is 0.0611. The number of rotatable bonds is 2. The first-order chi connectivity index (χ1) is 14.1. The first kappa shape index (κ1) is 17.7. The van der Waals surface area contributed by atoms with Crippen LogP contribution in [-0.2, 0) is 0 Å². The number of anilines is 1. The second-order valence-corrected chi connectivity index (χ2v) is 7.53. The third-order valence-electron chi connectivity index (χ3n) is 5.75. The fraction of sp³-hybridized carbons (Fsp3) is 0.217. The highest BCUT2D eigenvalue weighted by molar-refractivity contribution is 5.98. The van der Waals surface area contributed by atoms with E-state index in [9.17, 15) is 9.18 Å². The third-order valence-corrected chi connectivity index (χ3v) is 5.75. The fourth-order valence-corrected chi connectivity index (χ4v) is 4.30. The highest BCUT2D eigenvalue weighted by Crippen LogP contribution is 2.33. The Morgan fingerprint density at radius 1 is 1.07 bits per heavy atom. The van der Waals surface area contributed by atoms with Crippen molar-refractivity contribution in [1.82, 2.24) is 14.3 Å². The number of piperidine rings is 1. The quantitative estimate of drug-likeness (QED) is 0.547. The van der Waals surface area contributed by atoms with Gasteiger partial charge in [0.2, 0.25) is 0 Å². The van der Waals surface area contributed by atoms with Crippen molar-refractivity contribution in [3.8, 4) is 0 Å². The van der Waals surface area contributed by atoms with Gasteiger partial charge in [-0.3, -0.25) is 4.79 Å². The standard InChI is InChI=1S/C23H21FN4O/c24-17-9-6-15(7-10-17)19-4-1-2-12-28(19)23(29)16-8-11-18-21(14-16)27-13-3-5-20(27)22(25)26-18/h3,5-11,13-14,19H,1-2,4,12H2,(H2,25,26)/t19-/m1/s1. The molecule has 4 aromatic rings. The van der Waals surface area contributed by atoms with Crippen molar-refractivity contribution in [3.05, 3.63) is 77.7 Å². The summed E-state index contributed by atoms with van der Waals surface area (Å²) in [5, 5.41) is 0. The van der Waals surface area contributed by atoms with Crippen molar-refractivity contribution in [1.29, 1.82) is 0 Å². The number of likely N-dealkylation sites (tertiary alicyclic amines) is 1. The van der Waals surface area contributed by atoms with E-state index >= 15 is 0 Å². The molecular weight excluding hydrogens is 367 g/mol. The normalized spacial score (nSPS) is 17.1. The van der Waals surface area contributed by atoms with Crippen LogP contribution in [0.25, 0.3) is 16.6 Å². The minimum absolute atomic E-state index is 0.0157. The van der Waals surface area contributed by atoms with Crippen molar-refractivity contribution in [2.24, 2.45) is 0 Å². The van der Waals surface area contributed by atoms with E-state index in [2.05, 4.69) is 4.98 Å². The van der Waals surface area contributed by atoms with Gasteiger partial charge in [0.1, 0.15) is 11.6 Å². The fourth-order valence-electron chi connectivity index (χ4n) is 4.30. The van der Waals surface area contributed by atoms with Crippen molar-refractivity contribution in [3.63, 3.8) is 0 Å². The van der Waals surface area contributed by atoms with Crippen LogP contribution in [0, 0.1) is 5.82 Å². The van der Waals surface area contributed by atoms with Crippen LogP contribution >= 0.6 is 0 Å². The number of hydrogen-bond acceptors (Lipinski definition) is 3. The van der Waals surface area contributed by atoms with Gasteiger partial charge < -0.3 is 15.0 Å². The monoisotopic (exact) mass is 388 g/mol. The molecule has 5 rings (SSSR count). The average Bonchev–Trinajstić information content (AvgIpc) is 3.25. The van der Waals surface area contributed by atoms with Gasteiger partial charge in [0, 0.05) is 18.3 Å². The summed E-state index contributed by atoms with van der Waals surface area (Å²) in [6.45, 7) is 0.692. The Balaban J connectivity index is 1.55. The molecule has 6 heteroatoms. The number of nitrogens with two attached hydrogens (primary N) is 1. The highest BCUT2D eigenvalue weighted by Gasteiger charge is 2.29. The molecule has 0 aliphatic carbocycles. The minimum atomic E-state index is -0.264. The number of halogens is 1. The van der Waals surface area contributed by atoms with E-state index in [1.165, 1.54) is 12.1 Å². The lowest BCUT2D eigenvalue weighted by Crippen LogP contribution is -2.38. The predicted molar refractivity (Wildman–Crippen MR) is 111 cm³/mol. The Kier molecular flexibility index (Phi) is 4.19. The lowest BCUT2D eigenvalue weighted by Gasteiger charge is -2.36. The molecule has 1 fully saturated rings. The van der Waals surface area contributed by atoms with E-state index in [1.807, 2.05) is 45.8 Å². The van der Waals surface area contributed by atoms with Crippen molar-refractivity contribution in [2.75, 3.05) is 12.3 Å². The van der Waals surface area contributed by atoms with E-state index in [1.54, 1.807) is 12.1 Å². The van der Waals surface area contributed by atoms with E-state index in [-0.39, 0.29) is 17.8 Å². The number of aromatic nitrogens is 2. The molecule has 0 radical (unpaired) electrons. The van der Waals surface area contributed by atoms with E-state index in [0.29, 0.717) is 17.9 Å². The maximum Gasteiger partial charge on any atom is 0.254 e. The van der Waals surface area contributed by atoms with Crippen molar-refractivity contribution < 1.29 is 9.18 Å². The summed E-state index contributed by atoms with van der Waals surface area (Å²) in [5.74, 6) is 0.187. The number of amides is 1. The number of benzene rings is 2. The molecule has 1 amide bonds. The second kappa shape index (κ2) is 6.88.